The van der Waals surface area contributed by atoms with Crippen molar-refractivity contribution in [3.05, 3.63) is 65.7 Å². The summed E-state index contributed by atoms with van der Waals surface area (Å²) in [7, 11) is 0. The zero-order valence-electron chi connectivity index (χ0n) is 12.1. The van der Waals surface area contributed by atoms with Crippen LogP contribution in [0, 0.1) is 0 Å². The quantitative estimate of drug-likeness (QED) is 0.825. The fourth-order valence-electron chi connectivity index (χ4n) is 1.75. The first kappa shape index (κ1) is 15.5. The molecule has 1 aliphatic heterocycles. The Kier molecular flexibility index (Phi) is 6.22. The average molecular weight is 286 g/mol. The second-order valence-electron chi connectivity index (χ2n) is 4.81. The monoisotopic (exact) mass is 286 g/mol. The molecule has 0 aromatic heterocycles. The molecule has 4 N–H and O–H groups in total. The second kappa shape index (κ2) is 8.42. The first-order valence-electron chi connectivity index (χ1n) is 7.09. The van der Waals surface area contributed by atoms with E-state index >= 15 is 0 Å². The van der Waals surface area contributed by atoms with Crippen LogP contribution in [0.1, 0.15) is 11.1 Å². The third kappa shape index (κ3) is 5.95. The van der Waals surface area contributed by atoms with E-state index in [1.807, 2.05) is 54.6 Å². The van der Waals surface area contributed by atoms with Crippen molar-refractivity contribution in [2.75, 3.05) is 13.2 Å². The summed E-state index contributed by atoms with van der Waals surface area (Å²) in [6.07, 6.45) is 0.343. The molecule has 1 fully saturated rings. The van der Waals surface area contributed by atoms with Gasteiger partial charge in [-0.05, 0) is 23.3 Å². The molecule has 2 aromatic rings. The van der Waals surface area contributed by atoms with Gasteiger partial charge in [0.05, 0.1) is 6.61 Å². The van der Waals surface area contributed by atoms with E-state index in [0.717, 1.165) is 23.5 Å². The van der Waals surface area contributed by atoms with Crippen LogP contribution in [0.2, 0.25) is 0 Å². The van der Waals surface area contributed by atoms with Gasteiger partial charge in [-0.15, -0.1) is 0 Å². The van der Waals surface area contributed by atoms with E-state index in [4.69, 9.17) is 20.9 Å². The van der Waals surface area contributed by atoms with Crippen molar-refractivity contribution in [2.24, 2.45) is 11.5 Å². The third-order valence-electron chi connectivity index (χ3n) is 3.04. The average Bonchev–Trinajstić information content (AvgIpc) is 3.39. The Labute approximate surface area is 125 Å². The van der Waals surface area contributed by atoms with E-state index in [1.54, 1.807) is 0 Å². The standard InChI is InChI=1S/C9H10O2.C8H12N2/c1-2-4-8(5-3-1)10-6-9-7-11-9;9-5-7-2-1-3-8(4-7)6-10/h1-5,9H,6-7H2;1-4H,5-6,9-10H2. The van der Waals surface area contributed by atoms with Crippen molar-refractivity contribution in [3.8, 4) is 5.75 Å². The largest absolute Gasteiger partial charge is 0.491 e. The van der Waals surface area contributed by atoms with Gasteiger partial charge in [-0.2, -0.15) is 0 Å². The zero-order chi connectivity index (χ0) is 14.9. The van der Waals surface area contributed by atoms with E-state index in [2.05, 4.69) is 0 Å². The summed E-state index contributed by atoms with van der Waals surface area (Å²) in [4.78, 5) is 0. The Bertz CT molecular complexity index is 508. The molecule has 3 rings (SSSR count). The normalized spacial score (nSPS) is 15.8. The van der Waals surface area contributed by atoms with Gasteiger partial charge in [-0.1, -0.05) is 42.5 Å². The van der Waals surface area contributed by atoms with Crippen LogP contribution >= 0.6 is 0 Å². The summed E-state index contributed by atoms with van der Waals surface area (Å²) in [5, 5.41) is 0. The Hall–Kier alpha value is -1.88. The molecule has 0 radical (unpaired) electrons. The fourth-order valence-corrected chi connectivity index (χ4v) is 1.75. The Morgan fingerprint density at radius 1 is 0.952 bits per heavy atom. The van der Waals surface area contributed by atoms with E-state index in [9.17, 15) is 0 Å². The van der Waals surface area contributed by atoms with Crippen molar-refractivity contribution in [1.29, 1.82) is 0 Å². The molecule has 112 valence electrons. The molecule has 1 heterocycles. The van der Waals surface area contributed by atoms with Crippen LogP contribution in [0.3, 0.4) is 0 Å². The van der Waals surface area contributed by atoms with E-state index in [-0.39, 0.29) is 0 Å². The number of ether oxygens (including phenoxy) is 2. The second-order valence-corrected chi connectivity index (χ2v) is 4.81. The van der Waals surface area contributed by atoms with E-state index in [1.165, 1.54) is 0 Å². The van der Waals surface area contributed by atoms with E-state index in [0.29, 0.717) is 25.8 Å². The van der Waals surface area contributed by atoms with Crippen molar-refractivity contribution >= 4 is 0 Å². The van der Waals surface area contributed by atoms with E-state index < -0.39 is 0 Å². The van der Waals surface area contributed by atoms with Crippen molar-refractivity contribution < 1.29 is 9.47 Å². The van der Waals surface area contributed by atoms with Gasteiger partial charge in [0.1, 0.15) is 18.5 Å². The highest BCUT2D eigenvalue weighted by Crippen LogP contribution is 2.13. The molecule has 1 unspecified atom stereocenters. The van der Waals surface area contributed by atoms with Crippen molar-refractivity contribution in [2.45, 2.75) is 19.2 Å². The van der Waals surface area contributed by atoms with Crippen LogP contribution in [0.15, 0.2) is 54.6 Å². The highest BCUT2D eigenvalue weighted by Gasteiger charge is 2.22. The molecule has 1 aliphatic rings. The van der Waals surface area contributed by atoms with Crippen LogP contribution in [-0.4, -0.2) is 19.3 Å². The van der Waals surface area contributed by atoms with Crippen molar-refractivity contribution in [3.63, 3.8) is 0 Å². The topological polar surface area (TPSA) is 73.8 Å². The predicted molar refractivity (Wildman–Crippen MR) is 83.9 cm³/mol. The molecule has 1 saturated heterocycles. The van der Waals surface area contributed by atoms with Gasteiger partial charge >= 0.3 is 0 Å². The predicted octanol–water partition coefficient (Wildman–Crippen LogP) is 2.07. The van der Waals surface area contributed by atoms with Crippen LogP contribution in [0.25, 0.3) is 0 Å². The summed E-state index contributed by atoms with van der Waals surface area (Å²) in [6.45, 7) is 2.72. The lowest BCUT2D eigenvalue weighted by Crippen LogP contribution is -2.03. The smallest absolute Gasteiger partial charge is 0.119 e. The van der Waals surface area contributed by atoms with Crippen LogP contribution in [0.5, 0.6) is 5.75 Å². The van der Waals surface area contributed by atoms with Crippen LogP contribution in [-0.2, 0) is 17.8 Å². The minimum Gasteiger partial charge on any atom is -0.491 e. The summed E-state index contributed by atoms with van der Waals surface area (Å²) in [6, 6.07) is 17.8. The third-order valence-corrected chi connectivity index (χ3v) is 3.04. The number of nitrogens with two attached hydrogens (primary N) is 2. The number of rotatable bonds is 5. The highest BCUT2D eigenvalue weighted by molar-refractivity contribution is 5.23. The maximum absolute atomic E-state index is 5.43. The van der Waals surface area contributed by atoms with Crippen molar-refractivity contribution in [1.82, 2.24) is 0 Å². The lowest BCUT2D eigenvalue weighted by molar-refractivity contribution is 0.263. The SMILES string of the molecule is NCc1cccc(CN)c1.c1ccc(OCC2CO2)cc1. The number of para-hydroxylation sites is 1. The molecular formula is C17H22N2O2. The fraction of sp³-hybridized carbons (Fsp3) is 0.294. The molecule has 0 amide bonds. The first-order valence-corrected chi connectivity index (χ1v) is 7.09. The molecule has 21 heavy (non-hydrogen) atoms. The van der Waals surface area contributed by atoms with Gasteiger partial charge in [-0.25, -0.2) is 0 Å². The summed E-state index contributed by atoms with van der Waals surface area (Å²) in [5.74, 6) is 0.919. The highest BCUT2D eigenvalue weighted by atomic mass is 16.6. The summed E-state index contributed by atoms with van der Waals surface area (Å²) < 4.78 is 10.4. The summed E-state index contributed by atoms with van der Waals surface area (Å²) in [5.41, 5.74) is 13.1. The van der Waals surface area contributed by atoms with Gasteiger partial charge in [0.2, 0.25) is 0 Å². The van der Waals surface area contributed by atoms with Crippen LogP contribution in [0.4, 0.5) is 0 Å². The summed E-state index contributed by atoms with van der Waals surface area (Å²) >= 11 is 0. The molecule has 4 nitrogen and oxygen atoms in total. The Morgan fingerprint density at radius 3 is 2.10 bits per heavy atom. The molecule has 2 aromatic carbocycles. The molecule has 4 heteroatoms. The van der Waals surface area contributed by atoms with Gasteiger partial charge < -0.3 is 20.9 Å². The van der Waals surface area contributed by atoms with Gasteiger partial charge in [-0.3, -0.25) is 0 Å². The Balaban J connectivity index is 0.000000155. The molecular weight excluding hydrogens is 264 g/mol. The molecule has 0 bridgehead atoms. The number of hydrogen-bond donors (Lipinski definition) is 2. The van der Waals surface area contributed by atoms with Gasteiger partial charge in [0, 0.05) is 13.1 Å². The minimum atomic E-state index is 0.343. The number of hydrogen-bond acceptors (Lipinski definition) is 4. The number of epoxide rings is 1. The lowest BCUT2D eigenvalue weighted by atomic mass is 10.1. The molecule has 1 atom stereocenters. The maximum Gasteiger partial charge on any atom is 0.119 e. The van der Waals surface area contributed by atoms with Crippen LogP contribution < -0.4 is 16.2 Å². The molecule has 0 saturated carbocycles. The van der Waals surface area contributed by atoms with Gasteiger partial charge in [0.25, 0.3) is 0 Å². The molecule has 0 aliphatic carbocycles. The van der Waals surface area contributed by atoms with Gasteiger partial charge in [0.15, 0.2) is 0 Å². The minimum absolute atomic E-state index is 0.343. The number of benzene rings is 2. The maximum atomic E-state index is 5.43. The lowest BCUT2D eigenvalue weighted by Gasteiger charge is -2.01. The molecule has 0 spiro atoms. The zero-order valence-corrected chi connectivity index (χ0v) is 12.1. The first-order chi connectivity index (χ1) is 10.3. The Morgan fingerprint density at radius 2 is 1.57 bits per heavy atom.